The number of amides is 1. The first-order valence-electron chi connectivity index (χ1n) is 12.1. The fraction of sp³-hybridized carbons (Fsp3) is 0.321. The summed E-state index contributed by atoms with van der Waals surface area (Å²) in [5.74, 6) is 1.30. The molecule has 3 aromatic rings. The molecule has 0 bridgehead atoms. The van der Waals surface area contributed by atoms with Crippen molar-refractivity contribution < 1.29 is 27.4 Å². The number of nitrogens with one attached hydrogen (secondary N) is 1. The van der Waals surface area contributed by atoms with Crippen molar-refractivity contribution in [3.8, 4) is 17.2 Å². The van der Waals surface area contributed by atoms with Crippen LogP contribution in [-0.2, 0) is 14.8 Å². The van der Waals surface area contributed by atoms with Gasteiger partial charge in [0.05, 0.1) is 37.5 Å². The molecule has 0 spiro atoms. The fourth-order valence-corrected chi connectivity index (χ4v) is 5.31. The Morgan fingerprint density at radius 2 is 1.57 bits per heavy atom. The zero-order valence-electron chi connectivity index (χ0n) is 21.9. The molecule has 3 rings (SSSR count). The number of benzene rings is 3. The second-order valence-electron chi connectivity index (χ2n) is 8.39. The quantitative estimate of drug-likeness (QED) is 0.362. The van der Waals surface area contributed by atoms with Gasteiger partial charge in [-0.3, -0.25) is 9.10 Å². The predicted molar refractivity (Wildman–Crippen MR) is 144 cm³/mol. The number of aryl methyl sites for hydroxylation is 1. The summed E-state index contributed by atoms with van der Waals surface area (Å²) >= 11 is 0. The maximum absolute atomic E-state index is 13.7. The van der Waals surface area contributed by atoms with Crippen molar-refractivity contribution in [2.45, 2.75) is 38.1 Å². The van der Waals surface area contributed by atoms with Crippen molar-refractivity contribution in [3.63, 3.8) is 0 Å². The molecule has 37 heavy (non-hydrogen) atoms. The molecule has 0 radical (unpaired) electrons. The van der Waals surface area contributed by atoms with Crippen LogP contribution in [0.5, 0.6) is 17.2 Å². The average Bonchev–Trinajstić information content (AvgIpc) is 2.91. The van der Waals surface area contributed by atoms with Gasteiger partial charge in [-0.2, -0.15) is 0 Å². The molecule has 1 atom stereocenters. The third-order valence-electron chi connectivity index (χ3n) is 5.89. The van der Waals surface area contributed by atoms with E-state index in [9.17, 15) is 13.2 Å². The number of carbonyl (C=O) groups excluding carboxylic acids is 1. The molecule has 0 aromatic heterocycles. The number of rotatable bonds is 12. The molecule has 0 heterocycles. The van der Waals surface area contributed by atoms with Gasteiger partial charge in [0, 0.05) is 0 Å². The summed E-state index contributed by atoms with van der Waals surface area (Å²) in [5, 5.41) is 2.97. The Kier molecular flexibility index (Phi) is 9.41. The van der Waals surface area contributed by atoms with Crippen molar-refractivity contribution >= 4 is 21.6 Å². The summed E-state index contributed by atoms with van der Waals surface area (Å²) in [5.41, 5.74) is 2.12. The molecule has 0 saturated heterocycles. The maximum Gasteiger partial charge on any atom is 0.264 e. The molecule has 8 nitrogen and oxygen atoms in total. The molecule has 3 aromatic carbocycles. The van der Waals surface area contributed by atoms with E-state index in [1.807, 2.05) is 26.8 Å². The summed E-state index contributed by atoms with van der Waals surface area (Å²) in [6.07, 6.45) is 0.592. The zero-order valence-corrected chi connectivity index (χ0v) is 22.7. The van der Waals surface area contributed by atoms with Gasteiger partial charge in [0.1, 0.15) is 12.3 Å². The Morgan fingerprint density at radius 1 is 0.919 bits per heavy atom. The van der Waals surface area contributed by atoms with Crippen molar-refractivity contribution in [1.29, 1.82) is 0 Å². The third-order valence-corrected chi connectivity index (χ3v) is 7.67. The van der Waals surface area contributed by atoms with E-state index in [0.717, 1.165) is 15.4 Å². The lowest BCUT2D eigenvalue weighted by atomic mass is 10.0. The third kappa shape index (κ3) is 6.74. The van der Waals surface area contributed by atoms with E-state index >= 15 is 0 Å². The smallest absolute Gasteiger partial charge is 0.264 e. The first-order valence-corrected chi connectivity index (χ1v) is 13.5. The van der Waals surface area contributed by atoms with Gasteiger partial charge in [0.2, 0.25) is 5.91 Å². The molecule has 1 N–H and O–H groups in total. The van der Waals surface area contributed by atoms with Crippen LogP contribution in [0.1, 0.15) is 37.4 Å². The number of carbonyl (C=O) groups is 1. The molecule has 198 valence electrons. The van der Waals surface area contributed by atoms with Crippen molar-refractivity contribution in [2.24, 2.45) is 0 Å². The van der Waals surface area contributed by atoms with Crippen LogP contribution >= 0.6 is 0 Å². The molecule has 1 amide bonds. The van der Waals surface area contributed by atoms with Crippen LogP contribution in [0, 0.1) is 6.92 Å². The van der Waals surface area contributed by atoms with E-state index in [4.69, 9.17) is 14.2 Å². The lowest BCUT2D eigenvalue weighted by molar-refractivity contribution is -0.120. The number of methoxy groups -OCH3 is 2. The first-order chi connectivity index (χ1) is 17.7. The number of sulfonamides is 1. The topological polar surface area (TPSA) is 94.2 Å². The van der Waals surface area contributed by atoms with Crippen LogP contribution in [0.15, 0.2) is 71.6 Å². The van der Waals surface area contributed by atoms with E-state index in [1.165, 1.54) is 0 Å². The van der Waals surface area contributed by atoms with Gasteiger partial charge in [0.25, 0.3) is 10.0 Å². The van der Waals surface area contributed by atoms with Crippen LogP contribution in [0.3, 0.4) is 0 Å². The Balaban J connectivity index is 1.91. The first kappa shape index (κ1) is 27.9. The normalized spacial score (nSPS) is 11.9. The number of nitrogens with zero attached hydrogens (tertiary/aromatic N) is 1. The maximum atomic E-state index is 13.7. The number of anilines is 1. The highest BCUT2D eigenvalue weighted by Gasteiger charge is 2.28. The summed E-state index contributed by atoms with van der Waals surface area (Å²) in [6, 6.07) is 18.3. The highest BCUT2D eigenvalue weighted by atomic mass is 32.2. The predicted octanol–water partition coefficient (Wildman–Crippen LogP) is 4.87. The zero-order chi connectivity index (χ0) is 27.0. The van der Waals surface area contributed by atoms with Crippen LogP contribution in [0.2, 0.25) is 0 Å². The van der Waals surface area contributed by atoms with Crippen LogP contribution < -0.4 is 23.8 Å². The van der Waals surface area contributed by atoms with Gasteiger partial charge in [-0.15, -0.1) is 0 Å². The van der Waals surface area contributed by atoms with Crippen molar-refractivity contribution in [1.82, 2.24) is 5.32 Å². The SMILES string of the molecule is CCOc1ccc(N(CC(=O)NC(CC)c2ccc(OC)c(OC)c2)S(=O)(=O)c2ccc(C)cc2)cc1. The molecule has 0 saturated carbocycles. The van der Waals surface area contributed by atoms with E-state index in [-0.39, 0.29) is 10.9 Å². The summed E-state index contributed by atoms with van der Waals surface area (Å²) in [4.78, 5) is 13.4. The lowest BCUT2D eigenvalue weighted by Crippen LogP contribution is -2.42. The van der Waals surface area contributed by atoms with E-state index in [0.29, 0.717) is 36.0 Å². The van der Waals surface area contributed by atoms with Gasteiger partial charge in [0.15, 0.2) is 11.5 Å². The van der Waals surface area contributed by atoms with Gasteiger partial charge in [-0.1, -0.05) is 30.7 Å². The summed E-state index contributed by atoms with van der Waals surface area (Å²) in [7, 11) is -0.919. The van der Waals surface area contributed by atoms with Gasteiger partial charge < -0.3 is 19.5 Å². The van der Waals surface area contributed by atoms with E-state index in [1.54, 1.807) is 74.9 Å². The largest absolute Gasteiger partial charge is 0.494 e. The lowest BCUT2D eigenvalue weighted by Gasteiger charge is -2.26. The van der Waals surface area contributed by atoms with E-state index < -0.39 is 22.5 Å². The molecule has 0 fully saturated rings. The minimum absolute atomic E-state index is 0.103. The van der Waals surface area contributed by atoms with Gasteiger partial charge in [-0.05, 0) is 74.4 Å². The Bertz CT molecular complexity index is 1290. The molecule has 1 unspecified atom stereocenters. The fourth-order valence-electron chi connectivity index (χ4n) is 3.89. The van der Waals surface area contributed by atoms with Crippen molar-refractivity contribution in [2.75, 3.05) is 31.7 Å². The summed E-state index contributed by atoms with van der Waals surface area (Å²) < 4.78 is 44.6. The Hall–Kier alpha value is -3.72. The van der Waals surface area contributed by atoms with Crippen molar-refractivity contribution in [3.05, 3.63) is 77.9 Å². The number of hydrogen-bond donors (Lipinski definition) is 1. The monoisotopic (exact) mass is 526 g/mol. The molecular weight excluding hydrogens is 492 g/mol. The van der Waals surface area contributed by atoms with Crippen LogP contribution in [0.25, 0.3) is 0 Å². The average molecular weight is 527 g/mol. The molecule has 9 heteroatoms. The highest BCUT2D eigenvalue weighted by Crippen LogP contribution is 2.31. The van der Waals surface area contributed by atoms with Gasteiger partial charge in [-0.25, -0.2) is 8.42 Å². The highest BCUT2D eigenvalue weighted by molar-refractivity contribution is 7.92. The minimum Gasteiger partial charge on any atom is -0.494 e. The number of hydrogen-bond acceptors (Lipinski definition) is 6. The Labute approximate surface area is 219 Å². The standard InChI is InChI=1S/C28H34N2O6S/c1-6-25(21-10-17-26(34-4)27(18-21)35-5)29-28(31)19-30(22-11-13-23(14-12-22)36-7-2)37(32,33)24-15-8-20(3)9-16-24/h8-18,25H,6-7,19H2,1-5H3,(H,29,31). The molecule has 0 aliphatic heterocycles. The second kappa shape index (κ2) is 12.5. The van der Waals surface area contributed by atoms with E-state index in [2.05, 4.69) is 5.32 Å². The van der Waals surface area contributed by atoms with Crippen LogP contribution in [-0.4, -0.2) is 41.7 Å². The van der Waals surface area contributed by atoms with Crippen LogP contribution in [0.4, 0.5) is 5.69 Å². The molecule has 0 aliphatic rings. The molecule has 0 aliphatic carbocycles. The minimum atomic E-state index is -4.02. The summed E-state index contributed by atoms with van der Waals surface area (Å²) in [6.45, 7) is 5.78. The second-order valence-corrected chi connectivity index (χ2v) is 10.3. The number of ether oxygens (including phenoxy) is 3. The molecular formula is C28H34N2O6S. The Morgan fingerprint density at radius 3 is 2.14 bits per heavy atom. The van der Waals surface area contributed by atoms with Gasteiger partial charge >= 0.3 is 0 Å².